The third kappa shape index (κ3) is 8.43. The molecule has 114 valence electrons. The van der Waals surface area contributed by atoms with Gasteiger partial charge in [0.25, 0.3) is 0 Å². The Morgan fingerprint density at radius 2 is 1.75 bits per heavy atom. The van der Waals surface area contributed by atoms with E-state index in [-0.39, 0.29) is 0 Å². The van der Waals surface area contributed by atoms with E-state index in [2.05, 4.69) is 11.8 Å². The van der Waals surface area contributed by atoms with Crippen LogP contribution < -0.4 is 5.73 Å². The first kappa shape index (κ1) is 18.3. The molecule has 0 saturated carbocycles. The Hall–Kier alpha value is -1.68. The van der Waals surface area contributed by atoms with Crippen LogP contribution in [0.3, 0.4) is 0 Å². The number of phenolic OH excluding ortho intramolecular Hbond substituents is 1. The van der Waals surface area contributed by atoms with E-state index < -0.39 is 0 Å². The minimum atomic E-state index is 0.334. The number of aliphatic hydroxyl groups is 1. The smallest absolute Gasteiger partial charge is 0.115 e. The van der Waals surface area contributed by atoms with Gasteiger partial charge in [-0.3, -0.25) is 0 Å². The topological polar surface area (TPSA) is 69.7 Å². The van der Waals surface area contributed by atoms with E-state index in [1.807, 2.05) is 18.3 Å². The SMILES string of the molecule is CCCN(/C=C\N)CCCCc1ccc(O)cc1.CO. The Balaban J connectivity index is 0.00000172. The number of phenols is 1. The summed E-state index contributed by atoms with van der Waals surface area (Å²) in [6.45, 7) is 4.29. The van der Waals surface area contributed by atoms with E-state index in [9.17, 15) is 5.11 Å². The van der Waals surface area contributed by atoms with Crippen molar-refractivity contribution in [3.63, 3.8) is 0 Å². The zero-order chi connectivity index (χ0) is 15.2. The van der Waals surface area contributed by atoms with Crippen LogP contribution in [0.25, 0.3) is 0 Å². The molecule has 1 rings (SSSR count). The standard InChI is InChI=1S/C15H24N2O.CH4O/c1-2-11-17(13-10-16)12-4-3-5-14-6-8-15(18)9-7-14;1-2/h6-10,13,18H,2-5,11-12,16H2,1H3;2H,1H3/b13-10-;. The van der Waals surface area contributed by atoms with Gasteiger partial charge < -0.3 is 20.8 Å². The van der Waals surface area contributed by atoms with Crippen LogP contribution >= 0.6 is 0 Å². The molecule has 0 aromatic heterocycles. The molecule has 4 nitrogen and oxygen atoms in total. The van der Waals surface area contributed by atoms with E-state index in [0.717, 1.165) is 45.9 Å². The molecule has 4 heteroatoms. The zero-order valence-corrected chi connectivity index (χ0v) is 12.6. The van der Waals surface area contributed by atoms with E-state index in [0.29, 0.717) is 5.75 Å². The Labute approximate surface area is 122 Å². The van der Waals surface area contributed by atoms with Gasteiger partial charge in [0.2, 0.25) is 0 Å². The Morgan fingerprint density at radius 3 is 2.30 bits per heavy atom. The average molecular weight is 280 g/mol. The second-order valence-corrected chi connectivity index (χ2v) is 4.50. The van der Waals surface area contributed by atoms with Crippen molar-refractivity contribution in [1.29, 1.82) is 0 Å². The van der Waals surface area contributed by atoms with Crippen molar-refractivity contribution in [3.8, 4) is 5.75 Å². The maximum absolute atomic E-state index is 9.19. The summed E-state index contributed by atoms with van der Waals surface area (Å²) in [6, 6.07) is 7.46. The molecule has 0 radical (unpaired) electrons. The second-order valence-electron chi connectivity index (χ2n) is 4.50. The fraction of sp³-hybridized carbons (Fsp3) is 0.500. The molecule has 0 atom stereocenters. The number of aromatic hydroxyl groups is 1. The molecule has 0 aliphatic heterocycles. The first-order chi connectivity index (χ1) is 9.76. The molecule has 0 aliphatic rings. The Bertz CT molecular complexity index is 350. The lowest BCUT2D eigenvalue weighted by Gasteiger charge is -2.19. The Kier molecular flexibility index (Phi) is 11.3. The number of nitrogens with zero attached hydrogens (tertiary/aromatic N) is 1. The minimum absolute atomic E-state index is 0.334. The summed E-state index contributed by atoms with van der Waals surface area (Å²) < 4.78 is 0. The normalized spacial score (nSPS) is 10.2. The molecule has 0 heterocycles. The fourth-order valence-corrected chi connectivity index (χ4v) is 1.98. The number of rotatable bonds is 8. The molecule has 1 aromatic rings. The molecule has 0 spiro atoms. The van der Waals surface area contributed by atoms with Crippen LogP contribution in [-0.2, 0) is 6.42 Å². The van der Waals surface area contributed by atoms with Gasteiger partial charge in [0, 0.05) is 32.6 Å². The molecule has 0 aliphatic carbocycles. The van der Waals surface area contributed by atoms with Gasteiger partial charge in [0.15, 0.2) is 0 Å². The van der Waals surface area contributed by atoms with Crippen molar-refractivity contribution in [1.82, 2.24) is 4.90 Å². The molecule has 20 heavy (non-hydrogen) atoms. The predicted molar refractivity (Wildman–Crippen MR) is 84.4 cm³/mol. The quantitative estimate of drug-likeness (QED) is 0.640. The van der Waals surface area contributed by atoms with Crippen molar-refractivity contribution in [2.75, 3.05) is 20.2 Å². The third-order valence-electron chi connectivity index (χ3n) is 2.90. The lowest BCUT2D eigenvalue weighted by Crippen LogP contribution is -2.20. The van der Waals surface area contributed by atoms with Gasteiger partial charge >= 0.3 is 0 Å². The monoisotopic (exact) mass is 280 g/mol. The van der Waals surface area contributed by atoms with Crippen LogP contribution in [0.1, 0.15) is 31.7 Å². The summed E-state index contributed by atoms with van der Waals surface area (Å²) in [7, 11) is 1.00. The zero-order valence-electron chi connectivity index (χ0n) is 12.6. The fourth-order valence-electron chi connectivity index (χ4n) is 1.98. The number of aryl methyl sites for hydroxylation is 1. The number of hydrogen-bond donors (Lipinski definition) is 3. The summed E-state index contributed by atoms with van der Waals surface area (Å²) in [6.07, 6.45) is 8.09. The van der Waals surface area contributed by atoms with E-state index in [4.69, 9.17) is 10.8 Å². The molecule has 0 fully saturated rings. The van der Waals surface area contributed by atoms with Gasteiger partial charge in [-0.05, 0) is 43.4 Å². The average Bonchev–Trinajstić information content (AvgIpc) is 2.48. The van der Waals surface area contributed by atoms with Crippen LogP contribution in [-0.4, -0.2) is 35.3 Å². The molecule has 1 aromatic carbocycles. The Morgan fingerprint density at radius 1 is 1.10 bits per heavy atom. The summed E-state index contributed by atoms with van der Waals surface area (Å²) in [4.78, 5) is 2.26. The van der Waals surface area contributed by atoms with Crippen LogP contribution in [0, 0.1) is 0 Å². The van der Waals surface area contributed by atoms with Crippen molar-refractivity contribution in [3.05, 3.63) is 42.2 Å². The first-order valence-electron chi connectivity index (χ1n) is 7.11. The highest BCUT2D eigenvalue weighted by Gasteiger charge is 1.98. The highest BCUT2D eigenvalue weighted by atomic mass is 16.3. The maximum Gasteiger partial charge on any atom is 0.115 e. The largest absolute Gasteiger partial charge is 0.508 e. The molecular formula is C16H28N2O2. The molecule has 0 saturated heterocycles. The second kappa shape index (κ2) is 12.4. The van der Waals surface area contributed by atoms with E-state index in [1.165, 1.54) is 5.56 Å². The molecule has 4 N–H and O–H groups in total. The van der Waals surface area contributed by atoms with Gasteiger partial charge in [0.1, 0.15) is 5.75 Å². The molecule has 0 amide bonds. The lowest BCUT2D eigenvalue weighted by molar-refractivity contribution is 0.364. The van der Waals surface area contributed by atoms with Crippen LogP contribution in [0.5, 0.6) is 5.75 Å². The highest BCUT2D eigenvalue weighted by molar-refractivity contribution is 5.25. The lowest BCUT2D eigenvalue weighted by atomic mass is 10.1. The minimum Gasteiger partial charge on any atom is -0.508 e. The van der Waals surface area contributed by atoms with E-state index in [1.54, 1.807) is 18.3 Å². The third-order valence-corrected chi connectivity index (χ3v) is 2.90. The molecular weight excluding hydrogens is 252 g/mol. The van der Waals surface area contributed by atoms with Gasteiger partial charge in [-0.25, -0.2) is 0 Å². The predicted octanol–water partition coefficient (Wildman–Crippen LogP) is 2.47. The highest BCUT2D eigenvalue weighted by Crippen LogP contribution is 2.12. The number of unbranched alkanes of at least 4 members (excludes halogenated alkanes) is 1. The number of benzene rings is 1. The van der Waals surface area contributed by atoms with Crippen molar-refractivity contribution in [2.45, 2.75) is 32.6 Å². The van der Waals surface area contributed by atoms with Crippen molar-refractivity contribution < 1.29 is 10.2 Å². The number of nitrogens with two attached hydrogens (primary N) is 1. The van der Waals surface area contributed by atoms with Crippen LogP contribution in [0.2, 0.25) is 0 Å². The molecule has 0 unspecified atom stereocenters. The number of hydrogen-bond acceptors (Lipinski definition) is 4. The van der Waals surface area contributed by atoms with Gasteiger partial charge in [-0.15, -0.1) is 0 Å². The summed E-state index contributed by atoms with van der Waals surface area (Å²) in [5, 5.41) is 16.2. The summed E-state index contributed by atoms with van der Waals surface area (Å²) >= 11 is 0. The van der Waals surface area contributed by atoms with Crippen LogP contribution in [0.15, 0.2) is 36.7 Å². The van der Waals surface area contributed by atoms with Gasteiger partial charge in [-0.1, -0.05) is 19.1 Å². The summed E-state index contributed by atoms with van der Waals surface area (Å²) in [5.74, 6) is 0.334. The van der Waals surface area contributed by atoms with Crippen LogP contribution in [0.4, 0.5) is 0 Å². The van der Waals surface area contributed by atoms with Crippen molar-refractivity contribution in [2.24, 2.45) is 5.73 Å². The van der Waals surface area contributed by atoms with Gasteiger partial charge in [0.05, 0.1) is 0 Å². The maximum atomic E-state index is 9.19. The first-order valence-corrected chi connectivity index (χ1v) is 7.11. The number of aliphatic hydroxyl groups excluding tert-OH is 1. The molecule has 0 bridgehead atoms. The van der Waals surface area contributed by atoms with Gasteiger partial charge in [-0.2, -0.15) is 0 Å². The van der Waals surface area contributed by atoms with E-state index >= 15 is 0 Å². The summed E-state index contributed by atoms with van der Waals surface area (Å²) in [5.41, 5.74) is 6.70. The van der Waals surface area contributed by atoms with Crippen molar-refractivity contribution >= 4 is 0 Å².